The highest BCUT2D eigenvalue weighted by molar-refractivity contribution is 5.48. The Morgan fingerprint density at radius 2 is 2.24 bits per heavy atom. The first-order chi connectivity index (χ1) is 10.1. The summed E-state index contributed by atoms with van der Waals surface area (Å²) in [5.41, 5.74) is 2.62. The number of aryl methyl sites for hydroxylation is 1. The molecule has 1 aliphatic rings. The first-order valence-electron chi connectivity index (χ1n) is 7.44. The number of hydrogen-bond acceptors (Lipinski definition) is 5. The van der Waals surface area contributed by atoms with E-state index in [9.17, 15) is 0 Å². The Labute approximate surface area is 125 Å². The number of aromatic nitrogens is 2. The van der Waals surface area contributed by atoms with Crippen LogP contribution < -0.4 is 4.90 Å². The van der Waals surface area contributed by atoms with Crippen LogP contribution in [0.25, 0.3) is 0 Å². The summed E-state index contributed by atoms with van der Waals surface area (Å²) in [5, 5.41) is 4.02. The molecule has 1 aromatic heterocycles. The Bertz CT molecular complexity index is 608. The molecule has 0 amide bonds. The van der Waals surface area contributed by atoms with E-state index in [1.54, 1.807) is 0 Å². The molecule has 3 rings (SSSR count). The second kappa shape index (κ2) is 5.85. The number of likely N-dealkylation sites (tertiary alicyclic amines) is 1. The zero-order valence-corrected chi connectivity index (χ0v) is 12.9. The van der Waals surface area contributed by atoms with E-state index in [0.29, 0.717) is 11.9 Å². The van der Waals surface area contributed by atoms with Gasteiger partial charge in [-0.1, -0.05) is 17.3 Å². The summed E-state index contributed by atoms with van der Waals surface area (Å²) in [6.07, 6.45) is 2.40. The smallest absolute Gasteiger partial charge is 0.223 e. The summed E-state index contributed by atoms with van der Waals surface area (Å²) in [5.74, 6) is 1.42. The third-order valence-electron chi connectivity index (χ3n) is 4.05. The van der Waals surface area contributed by atoms with E-state index in [1.807, 2.05) is 6.92 Å². The SMILES string of the molecule is Cc1nc(CN2CCCC2c2cccc(N(C)C)c2)no1. The standard InChI is InChI=1S/C16H22N4O/c1-12-17-16(18-21-12)11-20-9-5-8-15(20)13-6-4-7-14(10-13)19(2)3/h4,6-7,10,15H,5,8-9,11H2,1-3H3. The van der Waals surface area contributed by atoms with Gasteiger partial charge in [0.1, 0.15) is 0 Å². The van der Waals surface area contributed by atoms with Crippen molar-refractivity contribution in [2.45, 2.75) is 32.4 Å². The number of benzene rings is 1. The molecule has 1 aliphatic heterocycles. The lowest BCUT2D eigenvalue weighted by atomic mass is 10.0. The number of rotatable bonds is 4. The van der Waals surface area contributed by atoms with Gasteiger partial charge in [0.2, 0.25) is 5.89 Å². The molecule has 5 nitrogen and oxygen atoms in total. The minimum atomic E-state index is 0.448. The summed E-state index contributed by atoms with van der Waals surface area (Å²) in [4.78, 5) is 8.91. The van der Waals surface area contributed by atoms with Crippen LogP contribution in [0.5, 0.6) is 0 Å². The Morgan fingerprint density at radius 3 is 2.95 bits per heavy atom. The van der Waals surface area contributed by atoms with Crippen molar-refractivity contribution in [1.29, 1.82) is 0 Å². The molecule has 112 valence electrons. The molecule has 1 aromatic carbocycles. The molecular weight excluding hydrogens is 264 g/mol. The van der Waals surface area contributed by atoms with Gasteiger partial charge < -0.3 is 9.42 Å². The van der Waals surface area contributed by atoms with E-state index in [0.717, 1.165) is 18.9 Å². The Kier molecular flexibility index (Phi) is 3.92. The molecule has 2 heterocycles. The van der Waals surface area contributed by atoms with Crippen LogP contribution in [0.15, 0.2) is 28.8 Å². The molecule has 0 aliphatic carbocycles. The summed E-state index contributed by atoms with van der Waals surface area (Å²) < 4.78 is 5.07. The van der Waals surface area contributed by atoms with E-state index in [-0.39, 0.29) is 0 Å². The minimum Gasteiger partial charge on any atom is -0.378 e. The van der Waals surface area contributed by atoms with Crippen LogP contribution in [-0.4, -0.2) is 35.7 Å². The molecule has 21 heavy (non-hydrogen) atoms. The third-order valence-corrected chi connectivity index (χ3v) is 4.05. The zero-order chi connectivity index (χ0) is 14.8. The van der Waals surface area contributed by atoms with Crippen LogP contribution in [-0.2, 0) is 6.54 Å². The minimum absolute atomic E-state index is 0.448. The normalized spacial score (nSPS) is 19.1. The van der Waals surface area contributed by atoms with Crippen LogP contribution >= 0.6 is 0 Å². The van der Waals surface area contributed by atoms with Crippen molar-refractivity contribution >= 4 is 5.69 Å². The average molecular weight is 286 g/mol. The summed E-state index contributed by atoms with van der Waals surface area (Å²) in [6, 6.07) is 9.23. The third kappa shape index (κ3) is 3.08. The molecule has 0 bridgehead atoms. The molecule has 1 unspecified atom stereocenters. The monoisotopic (exact) mass is 286 g/mol. The molecule has 1 atom stereocenters. The van der Waals surface area contributed by atoms with Crippen LogP contribution in [0.2, 0.25) is 0 Å². The van der Waals surface area contributed by atoms with Crippen molar-refractivity contribution in [3.05, 3.63) is 41.5 Å². The fraction of sp³-hybridized carbons (Fsp3) is 0.500. The van der Waals surface area contributed by atoms with Gasteiger partial charge in [0.25, 0.3) is 0 Å². The molecule has 2 aromatic rings. The Balaban J connectivity index is 1.78. The fourth-order valence-electron chi connectivity index (χ4n) is 2.99. The molecule has 5 heteroatoms. The van der Waals surface area contributed by atoms with E-state index in [4.69, 9.17) is 4.52 Å². The first kappa shape index (κ1) is 14.1. The molecule has 1 fully saturated rings. The van der Waals surface area contributed by atoms with Crippen LogP contribution in [0, 0.1) is 6.92 Å². The maximum absolute atomic E-state index is 5.07. The zero-order valence-electron chi connectivity index (χ0n) is 12.9. The maximum Gasteiger partial charge on any atom is 0.223 e. The van der Waals surface area contributed by atoms with Crippen molar-refractivity contribution < 1.29 is 4.52 Å². The second-order valence-corrected chi connectivity index (χ2v) is 5.85. The molecule has 0 spiro atoms. The van der Waals surface area contributed by atoms with Crippen molar-refractivity contribution in [3.63, 3.8) is 0 Å². The van der Waals surface area contributed by atoms with Crippen molar-refractivity contribution in [1.82, 2.24) is 15.0 Å². The summed E-state index contributed by atoms with van der Waals surface area (Å²) in [7, 11) is 4.15. The Morgan fingerprint density at radius 1 is 1.38 bits per heavy atom. The van der Waals surface area contributed by atoms with Gasteiger partial charge in [-0.25, -0.2) is 0 Å². The van der Waals surface area contributed by atoms with E-state index < -0.39 is 0 Å². The lowest BCUT2D eigenvalue weighted by Crippen LogP contribution is -2.23. The maximum atomic E-state index is 5.07. The molecule has 0 radical (unpaired) electrons. The van der Waals surface area contributed by atoms with Gasteiger partial charge in [0.15, 0.2) is 5.82 Å². The predicted octanol–water partition coefficient (Wildman–Crippen LogP) is 2.78. The van der Waals surface area contributed by atoms with Crippen molar-refractivity contribution in [3.8, 4) is 0 Å². The molecule has 0 N–H and O–H groups in total. The first-order valence-corrected chi connectivity index (χ1v) is 7.44. The highest BCUT2D eigenvalue weighted by Gasteiger charge is 2.27. The average Bonchev–Trinajstić information content (AvgIpc) is 3.09. The Hall–Kier alpha value is -1.88. The molecule has 0 saturated carbocycles. The summed E-state index contributed by atoms with van der Waals surface area (Å²) >= 11 is 0. The highest BCUT2D eigenvalue weighted by Crippen LogP contribution is 2.34. The lowest BCUT2D eigenvalue weighted by molar-refractivity contribution is 0.238. The van der Waals surface area contributed by atoms with E-state index in [2.05, 4.69) is 58.3 Å². The number of anilines is 1. The number of hydrogen-bond donors (Lipinski definition) is 0. The van der Waals surface area contributed by atoms with Gasteiger partial charge in [0.05, 0.1) is 6.54 Å². The van der Waals surface area contributed by atoms with Gasteiger partial charge in [-0.15, -0.1) is 0 Å². The van der Waals surface area contributed by atoms with E-state index >= 15 is 0 Å². The molecular formula is C16H22N4O. The van der Waals surface area contributed by atoms with E-state index in [1.165, 1.54) is 24.1 Å². The van der Waals surface area contributed by atoms with Crippen molar-refractivity contribution in [2.24, 2.45) is 0 Å². The van der Waals surface area contributed by atoms with Gasteiger partial charge in [-0.05, 0) is 37.1 Å². The van der Waals surface area contributed by atoms with Gasteiger partial charge in [0, 0.05) is 32.7 Å². The summed E-state index contributed by atoms with van der Waals surface area (Å²) in [6.45, 7) is 3.68. The quantitative estimate of drug-likeness (QED) is 0.865. The predicted molar refractivity (Wildman–Crippen MR) is 82.2 cm³/mol. The largest absolute Gasteiger partial charge is 0.378 e. The van der Waals surface area contributed by atoms with Gasteiger partial charge in [-0.2, -0.15) is 4.98 Å². The van der Waals surface area contributed by atoms with Crippen molar-refractivity contribution in [2.75, 3.05) is 25.5 Å². The van der Waals surface area contributed by atoms with Gasteiger partial charge >= 0.3 is 0 Å². The highest BCUT2D eigenvalue weighted by atomic mass is 16.5. The van der Waals surface area contributed by atoms with Crippen LogP contribution in [0.4, 0.5) is 5.69 Å². The second-order valence-electron chi connectivity index (χ2n) is 5.85. The molecule has 1 saturated heterocycles. The lowest BCUT2D eigenvalue weighted by Gasteiger charge is -2.24. The van der Waals surface area contributed by atoms with Crippen LogP contribution in [0.3, 0.4) is 0 Å². The fourth-order valence-corrected chi connectivity index (χ4v) is 2.99. The van der Waals surface area contributed by atoms with Gasteiger partial charge in [-0.3, -0.25) is 4.90 Å². The topological polar surface area (TPSA) is 45.4 Å². The number of nitrogens with zero attached hydrogens (tertiary/aromatic N) is 4. The van der Waals surface area contributed by atoms with Crippen LogP contribution in [0.1, 0.15) is 36.2 Å².